The highest BCUT2D eigenvalue weighted by molar-refractivity contribution is 5.43. The van der Waals surface area contributed by atoms with Crippen LogP contribution in [0.25, 0.3) is 0 Å². The first-order valence-electron chi connectivity index (χ1n) is 5.98. The molecule has 0 aliphatic rings. The molecule has 1 atom stereocenters. The van der Waals surface area contributed by atoms with E-state index in [9.17, 15) is 0 Å². The van der Waals surface area contributed by atoms with Crippen LogP contribution < -0.4 is 15.2 Å². The van der Waals surface area contributed by atoms with Gasteiger partial charge in [-0.25, -0.2) is 0 Å². The average molecular weight is 239 g/mol. The quantitative estimate of drug-likeness (QED) is 0.762. The summed E-state index contributed by atoms with van der Waals surface area (Å²) >= 11 is 0. The fourth-order valence-corrected chi connectivity index (χ4v) is 1.60. The van der Waals surface area contributed by atoms with E-state index < -0.39 is 0 Å². The first-order chi connectivity index (χ1) is 8.22. The van der Waals surface area contributed by atoms with Gasteiger partial charge in [0.1, 0.15) is 0 Å². The van der Waals surface area contributed by atoms with Gasteiger partial charge in [-0.2, -0.15) is 0 Å². The Balaban J connectivity index is 2.91. The Morgan fingerprint density at radius 1 is 1.18 bits per heavy atom. The smallest absolute Gasteiger partial charge is 0.161 e. The average Bonchev–Trinajstić information content (AvgIpc) is 2.32. The number of hydrogen-bond acceptors (Lipinski definition) is 4. The van der Waals surface area contributed by atoms with Gasteiger partial charge in [0.2, 0.25) is 0 Å². The Hall–Kier alpha value is -1.26. The van der Waals surface area contributed by atoms with Crippen LogP contribution in [0.15, 0.2) is 18.2 Å². The number of hydrogen-bond donors (Lipinski definition) is 2. The molecular weight excluding hydrogens is 218 g/mol. The molecule has 1 aromatic carbocycles. The molecule has 0 amide bonds. The molecule has 0 bridgehead atoms. The zero-order valence-electron chi connectivity index (χ0n) is 10.5. The molecule has 4 heteroatoms. The lowest BCUT2D eigenvalue weighted by atomic mass is 10.0. The van der Waals surface area contributed by atoms with E-state index in [2.05, 4.69) is 0 Å². The summed E-state index contributed by atoms with van der Waals surface area (Å²) in [4.78, 5) is 0. The van der Waals surface area contributed by atoms with E-state index >= 15 is 0 Å². The van der Waals surface area contributed by atoms with Gasteiger partial charge in [0.05, 0.1) is 13.2 Å². The van der Waals surface area contributed by atoms with Crippen LogP contribution in [-0.2, 0) is 0 Å². The Bertz CT molecular complexity index is 341. The second-order valence-corrected chi connectivity index (χ2v) is 3.69. The second kappa shape index (κ2) is 7.14. The standard InChI is InChI=1S/C13H21NO3/c1-3-16-12-6-5-10(11(14)7-8-15)9-13(12)17-4-2/h5-6,9,11,15H,3-4,7-8,14H2,1-2H3. The van der Waals surface area contributed by atoms with E-state index in [4.69, 9.17) is 20.3 Å². The maximum absolute atomic E-state index is 8.87. The van der Waals surface area contributed by atoms with Gasteiger partial charge in [-0.15, -0.1) is 0 Å². The van der Waals surface area contributed by atoms with Gasteiger partial charge in [-0.3, -0.25) is 0 Å². The normalized spacial score (nSPS) is 12.2. The topological polar surface area (TPSA) is 64.7 Å². The molecule has 0 saturated carbocycles. The molecule has 0 spiro atoms. The lowest BCUT2D eigenvalue weighted by Gasteiger charge is -2.15. The van der Waals surface area contributed by atoms with Crippen LogP contribution >= 0.6 is 0 Å². The first kappa shape index (κ1) is 13.8. The molecule has 1 rings (SSSR count). The molecule has 0 saturated heterocycles. The van der Waals surface area contributed by atoms with Gasteiger partial charge < -0.3 is 20.3 Å². The summed E-state index contributed by atoms with van der Waals surface area (Å²) in [6.07, 6.45) is 0.541. The first-order valence-corrected chi connectivity index (χ1v) is 5.98. The number of ether oxygens (including phenoxy) is 2. The van der Waals surface area contributed by atoms with E-state index in [0.29, 0.717) is 25.4 Å². The van der Waals surface area contributed by atoms with Crippen molar-refractivity contribution in [3.8, 4) is 11.5 Å². The number of benzene rings is 1. The molecule has 4 nitrogen and oxygen atoms in total. The van der Waals surface area contributed by atoms with Crippen LogP contribution in [0, 0.1) is 0 Å². The summed E-state index contributed by atoms with van der Waals surface area (Å²) in [5.41, 5.74) is 6.89. The Kier molecular flexibility index (Phi) is 5.80. The number of aliphatic hydroxyl groups is 1. The maximum atomic E-state index is 8.87. The molecule has 0 aromatic heterocycles. The number of nitrogens with two attached hydrogens (primary N) is 1. The zero-order chi connectivity index (χ0) is 12.7. The monoisotopic (exact) mass is 239 g/mol. The third-order valence-electron chi connectivity index (χ3n) is 2.44. The van der Waals surface area contributed by atoms with Gasteiger partial charge >= 0.3 is 0 Å². The van der Waals surface area contributed by atoms with Crippen LogP contribution in [0.1, 0.15) is 31.9 Å². The van der Waals surface area contributed by atoms with Crippen molar-refractivity contribution in [2.45, 2.75) is 26.3 Å². The highest BCUT2D eigenvalue weighted by atomic mass is 16.5. The summed E-state index contributed by atoms with van der Waals surface area (Å²) in [6.45, 7) is 5.12. The molecule has 96 valence electrons. The van der Waals surface area contributed by atoms with Gasteiger partial charge in [0.25, 0.3) is 0 Å². The van der Waals surface area contributed by atoms with Gasteiger partial charge in [-0.1, -0.05) is 6.07 Å². The van der Waals surface area contributed by atoms with Crippen LogP contribution in [0.3, 0.4) is 0 Å². The molecule has 17 heavy (non-hydrogen) atoms. The Morgan fingerprint density at radius 2 is 1.82 bits per heavy atom. The second-order valence-electron chi connectivity index (χ2n) is 3.69. The van der Waals surface area contributed by atoms with E-state index in [0.717, 1.165) is 11.3 Å². The van der Waals surface area contributed by atoms with Crippen LogP contribution in [0.2, 0.25) is 0 Å². The lowest BCUT2D eigenvalue weighted by Crippen LogP contribution is -2.12. The SMILES string of the molecule is CCOc1ccc(C(N)CCO)cc1OCC. The molecular formula is C13H21NO3. The highest BCUT2D eigenvalue weighted by Gasteiger charge is 2.10. The van der Waals surface area contributed by atoms with Crippen molar-refractivity contribution < 1.29 is 14.6 Å². The Morgan fingerprint density at radius 3 is 2.41 bits per heavy atom. The number of aliphatic hydroxyl groups excluding tert-OH is 1. The predicted octanol–water partition coefficient (Wildman–Crippen LogP) is 1.87. The fraction of sp³-hybridized carbons (Fsp3) is 0.538. The minimum atomic E-state index is -0.171. The van der Waals surface area contributed by atoms with Crippen molar-refractivity contribution in [2.24, 2.45) is 5.73 Å². The van der Waals surface area contributed by atoms with Crippen molar-refractivity contribution in [1.82, 2.24) is 0 Å². The molecule has 1 aromatic rings. The Labute approximate surface area is 102 Å². The molecule has 0 aliphatic carbocycles. The van der Waals surface area contributed by atoms with E-state index in [1.54, 1.807) is 0 Å². The van der Waals surface area contributed by atoms with E-state index in [1.165, 1.54) is 0 Å². The number of rotatable bonds is 7. The van der Waals surface area contributed by atoms with Crippen molar-refractivity contribution in [3.63, 3.8) is 0 Å². The van der Waals surface area contributed by atoms with E-state index in [-0.39, 0.29) is 12.6 Å². The molecule has 0 radical (unpaired) electrons. The molecule has 0 fully saturated rings. The van der Waals surface area contributed by atoms with Gasteiger partial charge in [0, 0.05) is 12.6 Å². The molecule has 0 aliphatic heterocycles. The summed E-state index contributed by atoms with van der Waals surface area (Å²) < 4.78 is 11.0. The third-order valence-corrected chi connectivity index (χ3v) is 2.44. The molecule has 0 heterocycles. The summed E-state index contributed by atoms with van der Waals surface area (Å²) in [5, 5.41) is 8.87. The lowest BCUT2D eigenvalue weighted by molar-refractivity contribution is 0.275. The third kappa shape index (κ3) is 3.91. The molecule has 3 N–H and O–H groups in total. The largest absolute Gasteiger partial charge is 0.490 e. The fourth-order valence-electron chi connectivity index (χ4n) is 1.60. The highest BCUT2D eigenvalue weighted by Crippen LogP contribution is 2.30. The van der Waals surface area contributed by atoms with Crippen LogP contribution in [-0.4, -0.2) is 24.9 Å². The van der Waals surface area contributed by atoms with Crippen LogP contribution in [0.4, 0.5) is 0 Å². The summed E-state index contributed by atoms with van der Waals surface area (Å²) in [6, 6.07) is 5.49. The predicted molar refractivity (Wildman–Crippen MR) is 67.4 cm³/mol. The maximum Gasteiger partial charge on any atom is 0.161 e. The van der Waals surface area contributed by atoms with Crippen molar-refractivity contribution >= 4 is 0 Å². The van der Waals surface area contributed by atoms with Crippen LogP contribution in [0.5, 0.6) is 11.5 Å². The van der Waals surface area contributed by atoms with Gasteiger partial charge in [-0.05, 0) is 38.0 Å². The van der Waals surface area contributed by atoms with Gasteiger partial charge in [0.15, 0.2) is 11.5 Å². The van der Waals surface area contributed by atoms with Crippen molar-refractivity contribution in [1.29, 1.82) is 0 Å². The van der Waals surface area contributed by atoms with Crippen molar-refractivity contribution in [3.05, 3.63) is 23.8 Å². The minimum absolute atomic E-state index is 0.0817. The minimum Gasteiger partial charge on any atom is -0.490 e. The molecule has 1 unspecified atom stereocenters. The summed E-state index contributed by atoms with van der Waals surface area (Å²) in [5.74, 6) is 1.44. The summed E-state index contributed by atoms with van der Waals surface area (Å²) in [7, 11) is 0. The van der Waals surface area contributed by atoms with Crippen molar-refractivity contribution in [2.75, 3.05) is 19.8 Å². The zero-order valence-corrected chi connectivity index (χ0v) is 10.5. The van der Waals surface area contributed by atoms with E-state index in [1.807, 2.05) is 32.0 Å².